The molecule has 0 saturated heterocycles. The minimum Gasteiger partial charge on any atom is -0.457 e. The average Bonchev–Trinajstić information content (AvgIpc) is 3.54. The fraction of sp³-hybridized carbons (Fsp3) is 0.259. The Morgan fingerprint density at radius 2 is 1.86 bits per heavy atom. The van der Waals surface area contributed by atoms with E-state index in [2.05, 4.69) is 15.6 Å². The van der Waals surface area contributed by atoms with E-state index in [1.54, 1.807) is 36.7 Å². The third-order valence-corrected chi connectivity index (χ3v) is 5.97. The summed E-state index contributed by atoms with van der Waals surface area (Å²) in [5.74, 6) is 0.972. The van der Waals surface area contributed by atoms with Crippen LogP contribution in [0.5, 0.6) is 11.5 Å². The lowest BCUT2D eigenvalue weighted by Gasteiger charge is -2.14. The number of imidazole rings is 1. The molecule has 0 spiro atoms. The third-order valence-electron chi connectivity index (χ3n) is 5.97. The van der Waals surface area contributed by atoms with Crippen LogP contribution in [0.2, 0.25) is 0 Å². The van der Waals surface area contributed by atoms with E-state index >= 15 is 0 Å². The molecular weight excluding hydrogens is 469 g/mol. The minimum absolute atomic E-state index is 0.0910. The highest BCUT2D eigenvalue weighted by Gasteiger charge is 2.27. The van der Waals surface area contributed by atoms with Crippen LogP contribution < -0.4 is 15.4 Å². The molecule has 1 aliphatic carbocycles. The lowest BCUT2D eigenvalue weighted by molar-refractivity contribution is -0.131. The molecule has 3 aromatic carbocycles. The van der Waals surface area contributed by atoms with Gasteiger partial charge in [0.1, 0.15) is 23.3 Å². The van der Waals surface area contributed by atoms with Crippen LogP contribution in [0.3, 0.4) is 0 Å². The first-order valence-corrected chi connectivity index (χ1v) is 11.7. The molecule has 186 valence electrons. The highest BCUT2D eigenvalue weighted by Crippen LogP contribution is 2.33. The van der Waals surface area contributed by atoms with Gasteiger partial charge in [0, 0.05) is 36.0 Å². The van der Waals surface area contributed by atoms with Crippen molar-refractivity contribution < 1.29 is 22.7 Å². The van der Waals surface area contributed by atoms with Gasteiger partial charge in [-0.05, 0) is 55.7 Å². The van der Waals surface area contributed by atoms with Crippen LogP contribution in [-0.4, -0.2) is 34.2 Å². The Balaban J connectivity index is 1.50. The number of aromatic nitrogens is 2. The van der Waals surface area contributed by atoms with Crippen molar-refractivity contribution >= 4 is 22.6 Å². The molecule has 2 N–H and O–H groups in total. The summed E-state index contributed by atoms with van der Waals surface area (Å²) in [7, 11) is 0. The summed E-state index contributed by atoms with van der Waals surface area (Å²) in [5.41, 5.74) is 3.82. The zero-order valence-electron chi connectivity index (χ0n) is 19.6. The number of halogens is 3. The Morgan fingerprint density at radius 3 is 2.56 bits per heavy atom. The Hall–Kier alpha value is -4.01. The van der Waals surface area contributed by atoms with Crippen molar-refractivity contribution in [2.45, 2.75) is 38.4 Å². The summed E-state index contributed by atoms with van der Waals surface area (Å²) in [5, 5.41) is 5.87. The second-order valence-electron chi connectivity index (χ2n) is 8.91. The van der Waals surface area contributed by atoms with Gasteiger partial charge in [-0.1, -0.05) is 18.2 Å². The topological polar surface area (TPSA) is 68.2 Å². The highest BCUT2D eigenvalue weighted by atomic mass is 19.4. The maximum absolute atomic E-state index is 12.8. The lowest BCUT2D eigenvalue weighted by Crippen LogP contribution is -2.26. The molecule has 0 unspecified atom stereocenters. The zero-order chi connectivity index (χ0) is 25.3. The first kappa shape index (κ1) is 23.7. The van der Waals surface area contributed by atoms with E-state index in [0.29, 0.717) is 33.8 Å². The molecule has 0 atom stereocenters. The van der Waals surface area contributed by atoms with Gasteiger partial charge in [-0.25, -0.2) is 4.98 Å². The van der Waals surface area contributed by atoms with Crippen molar-refractivity contribution in [3.05, 3.63) is 78.1 Å². The summed E-state index contributed by atoms with van der Waals surface area (Å²) in [6.45, 7) is 1.59. The highest BCUT2D eigenvalue weighted by molar-refractivity contribution is 5.96. The predicted octanol–water partition coefficient (Wildman–Crippen LogP) is 6.38. The van der Waals surface area contributed by atoms with Crippen molar-refractivity contribution in [1.82, 2.24) is 14.9 Å². The Bertz CT molecular complexity index is 1400. The molecule has 0 radical (unpaired) electrons. The number of ether oxygens (including phenoxy) is 1. The molecule has 0 bridgehead atoms. The number of benzene rings is 3. The number of nitrogens with zero attached hydrogens (tertiary/aromatic N) is 2. The predicted molar refractivity (Wildman–Crippen MR) is 132 cm³/mol. The van der Waals surface area contributed by atoms with Crippen LogP contribution in [-0.2, 0) is 0 Å². The minimum atomic E-state index is -4.27. The maximum Gasteiger partial charge on any atom is 0.390 e. The van der Waals surface area contributed by atoms with Gasteiger partial charge in [-0.3, -0.25) is 9.36 Å². The number of hydrogen-bond donors (Lipinski definition) is 2. The number of aryl methyl sites for hydroxylation is 1. The van der Waals surface area contributed by atoms with Crippen molar-refractivity contribution in [3.63, 3.8) is 0 Å². The number of carbonyl (C=O) groups is 1. The number of rotatable bonds is 8. The molecule has 1 heterocycles. The van der Waals surface area contributed by atoms with Crippen LogP contribution in [0.25, 0.3) is 16.7 Å². The number of alkyl halides is 3. The number of para-hydroxylation sites is 1. The van der Waals surface area contributed by atoms with E-state index in [9.17, 15) is 18.0 Å². The third kappa shape index (κ3) is 5.45. The van der Waals surface area contributed by atoms with Gasteiger partial charge in [0.2, 0.25) is 0 Å². The van der Waals surface area contributed by atoms with Gasteiger partial charge in [-0.2, -0.15) is 13.2 Å². The molecule has 0 aliphatic heterocycles. The van der Waals surface area contributed by atoms with Gasteiger partial charge in [0.25, 0.3) is 5.91 Å². The molecule has 1 saturated carbocycles. The summed E-state index contributed by atoms with van der Waals surface area (Å²) >= 11 is 0. The second kappa shape index (κ2) is 9.56. The smallest absolute Gasteiger partial charge is 0.390 e. The quantitative estimate of drug-likeness (QED) is 0.298. The van der Waals surface area contributed by atoms with E-state index in [4.69, 9.17) is 4.74 Å². The molecule has 6 nitrogen and oxygen atoms in total. The molecular formula is C27H25F3N4O2. The van der Waals surface area contributed by atoms with Crippen LogP contribution in [0.4, 0.5) is 18.9 Å². The van der Waals surface area contributed by atoms with Crippen LogP contribution in [0.1, 0.15) is 35.2 Å². The monoisotopic (exact) mass is 494 g/mol. The fourth-order valence-electron chi connectivity index (χ4n) is 4.00. The normalized spacial score (nSPS) is 13.6. The Kier molecular flexibility index (Phi) is 6.30. The van der Waals surface area contributed by atoms with Crippen LogP contribution in [0, 0.1) is 6.92 Å². The Labute approximate surface area is 206 Å². The fourth-order valence-corrected chi connectivity index (χ4v) is 4.00. The van der Waals surface area contributed by atoms with Crippen molar-refractivity contribution in [2.75, 3.05) is 11.9 Å². The maximum atomic E-state index is 12.8. The van der Waals surface area contributed by atoms with Gasteiger partial charge in [0.15, 0.2) is 0 Å². The zero-order valence-corrected chi connectivity index (χ0v) is 19.6. The molecule has 36 heavy (non-hydrogen) atoms. The van der Waals surface area contributed by atoms with Gasteiger partial charge < -0.3 is 15.4 Å². The number of amides is 1. The summed E-state index contributed by atoms with van der Waals surface area (Å²) in [4.78, 5) is 17.0. The van der Waals surface area contributed by atoms with Crippen molar-refractivity contribution in [1.29, 1.82) is 0 Å². The number of carbonyl (C=O) groups excluding carboxylic acids is 1. The molecule has 1 aromatic heterocycles. The largest absolute Gasteiger partial charge is 0.457 e. The van der Waals surface area contributed by atoms with E-state index in [0.717, 1.165) is 24.1 Å². The SMILES string of the molecule is Cc1cc(-n2cnc3c(NCCC(F)(F)F)cc(Oc4ccccc4)cc32)ccc1C(=O)NC1CC1. The van der Waals surface area contributed by atoms with E-state index in [-0.39, 0.29) is 18.5 Å². The van der Waals surface area contributed by atoms with Crippen molar-refractivity contribution in [3.8, 4) is 17.2 Å². The second-order valence-corrected chi connectivity index (χ2v) is 8.91. The van der Waals surface area contributed by atoms with E-state index in [1.165, 1.54) is 0 Å². The number of fused-ring (bicyclic) bond motifs is 1. The van der Waals surface area contributed by atoms with Crippen LogP contribution in [0.15, 0.2) is 67.0 Å². The number of anilines is 1. The summed E-state index contributed by atoms with van der Waals surface area (Å²) in [6, 6.07) is 18.4. The molecule has 4 aromatic rings. The standard InChI is InChI=1S/C27H25F3N4O2/c1-17-13-19(9-10-22(17)26(35)33-18-7-8-18)34-16-32-25-23(31-12-11-27(28,29)30)14-21(15-24(25)34)36-20-5-3-2-4-6-20/h2-6,9-10,13-16,18,31H,7-8,11-12H2,1H3,(H,33,35). The van der Waals surface area contributed by atoms with Crippen molar-refractivity contribution in [2.24, 2.45) is 0 Å². The van der Waals surface area contributed by atoms with Gasteiger partial charge in [0.05, 0.1) is 17.6 Å². The number of hydrogen-bond acceptors (Lipinski definition) is 4. The molecule has 1 amide bonds. The lowest BCUT2D eigenvalue weighted by atomic mass is 10.1. The van der Waals surface area contributed by atoms with Gasteiger partial charge in [-0.15, -0.1) is 0 Å². The van der Waals surface area contributed by atoms with Crippen LogP contribution >= 0.6 is 0 Å². The average molecular weight is 495 g/mol. The van der Waals surface area contributed by atoms with E-state index in [1.807, 2.05) is 41.8 Å². The summed E-state index contributed by atoms with van der Waals surface area (Å²) < 4.78 is 46.1. The molecule has 9 heteroatoms. The van der Waals surface area contributed by atoms with E-state index < -0.39 is 12.6 Å². The molecule has 1 aliphatic rings. The molecule has 5 rings (SSSR count). The number of nitrogens with one attached hydrogen (secondary N) is 2. The Morgan fingerprint density at radius 1 is 1.08 bits per heavy atom. The van der Waals surface area contributed by atoms with Gasteiger partial charge >= 0.3 is 6.18 Å². The molecule has 1 fully saturated rings. The summed E-state index contributed by atoms with van der Waals surface area (Å²) in [6.07, 6.45) is -1.60. The first-order chi connectivity index (χ1) is 17.3. The first-order valence-electron chi connectivity index (χ1n) is 11.7.